The van der Waals surface area contributed by atoms with Gasteiger partial charge in [0.15, 0.2) is 9.84 Å². The number of hydrogen-bond donors (Lipinski definition) is 3. The Morgan fingerprint density at radius 2 is 1.65 bits per heavy atom. The quantitative estimate of drug-likeness (QED) is 0.176. The van der Waals surface area contributed by atoms with E-state index in [1.54, 1.807) is 13.8 Å². The number of halogens is 6. The molecule has 1 aliphatic heterocycles. The summed E-state index contributed by atoms with van der Waals surface area (Å²) in [6.07, 6.45) is -8.86. The lowest BCUT2D eigenvalue weighted by Gasteiger charge is -2.18. The third-order valence-electron chi connectivity index (χ3n) is 7.82. The van der Waals surface area contributed by atoms with Crippen molar-refractivity contribution in [2.24, 2.45) is 0 Å². The molecule has 3 aromatic rings. The number of amides is 2. The van der Waals surface area contributed by atoms with Gasteiger partial charge in [0.2, 0.25) is 0 Å². The molecule has 0 fully saturated rings. The highest BCUT2D eigenvalue weighted by molar-refractivity contribution is 7.90. The molecule has 8 nitrogen and oxygen atoms in total. The van der Waals surface area contributed by atoms with Gasteiger partial charge in [0.25, 0.3) is 11.8 Å². The number of aromatic nitrogens is 1. The van der Waals surface area contributed by atoms with E-state index in [0.29, 0.717) is 47.7 Å². The van der Waals surface area contributed by atoms with E-state index in [1.165, 1.54) is 12.1 Å². The highest BCUT2D eigenvalue weighted by Gasteiger charge is 2.39. The van der Waals surface area contributed by atoms with E-state index in [9.17, 15) is 44.3 Å². The number of aromatic amines is 1. The average molecular weight is 671 g/mol. The van der Waals surface area contributed by atoms with Gasteiger partial charge in [-0.2, -0.15) is 26.3 Å². The zero-order valence-electron chi connectivity index (χ0n) is 25.3. The van der Waals surface area contributed by atoms with E-state index < -0.39 is 55.4 Å². The van der Waals surface area contributed by atoms with Crippen molar-refractivity contribution < 1.29 is 44.3 Å². The summed E-state index contributed by atoms with van der Waals surface area (Å²) in [4.78, 5) is 30.7. The molecule has 0 bridgehead atoms. The first-order valence-electron chi connectivity index (χ1n) is 14.2. The zero-order valence-corrected chi connectivity index (χ0v) is 26.1. The second kappa shape index (κ2) is 12.9. The minimum absolute atomic E-state index is 0.0374. The second-order valence-electron chi connectivity index (χ2n) is 10.8. The van der Waals surface area contributed by atoms with Crippen LogP contribution in [0.4, 0.5) is 32.0 Å². The van der Waals surface area contributed by atoms with Crippen LogP contribution in [0.3, 0.4) is 0 Å². The first-order chi connectivity index (χ1) is 21.4. The summed E-state index contributed by atoms with van der Waals surface area (Å²) in [6, 6.07) is 4.28. The molecule has 2 heterocycles. The average Bonchev–Trinajstić information content (AvgIpc) is 3.43. The lowest BCUT2D eigenvalue weighted by atomic mass is 10.0. The molecule has 0 unspecified atom stereocenters. The minimum atomic E-state index is -5.25. The summed E-state index contributed by atoms with van der Waals surface area (Å²) >= 11 is 0. The summed E-state index contributed by atoms with van der Waals surface area (Å²) in [5.74, 6) is -2.13. The number of aryl methyl sites for hydroxylation is 1. The van der Waals surface area contributed by atoms with E-state index in [2.05, 4.69) is 20.5 Å². The molecule has 0 radical (unpaired) electrons. The van der Waals surface area contributed by atoms with Crippen LogP contribution < -0.4 is 10.6 Å². The minimum Gasteiger partial charge on any atom is -0.358 e. The second-order valence-corrected chi connectivity index (χ2v) is 12.8. The first kappa shape index (κ1) is 34.8. The van der Waals surface area contributed by atoms with Crippen LogP contribution in [0.2, 0.25) is 0 Å². The number of carbonyl (C=O) groups is 2. The third-order valence-corrected chi connectivity index (χ3v) is 9.48. The normalized spacial score (nSPS) is 14.6. The van der Waals surface area contributed by atoms with Crippen LogP contribution in [0, 0.1) is 13.8 Å². The van der Waals surface area contributed by atoms with E-state index in [1.807, 2.05) is 13.8 Å². The number of fused-ring (bicyclic) bond motifs is 1. The van der Waals surface area contributed by atoms with Gasteiger partial charge < -0.3 is 20.5 Å². The standard InChI is InChI=1S/C31H32F6N4O4S/c1-5-41(6-2)12-11-38-29(43)27-17(3)26(39-18(27)4)15-23-22-14-21(9-10-25(22)40-28(23)42)46(44,45)16-19-7-8-20(30(32,33)34)13-24(19)31(35,36)37/h7-10,13-15,39H,5-6,11-12,16H2,1-4H3,(H,38,43)(H,40,42)/b23-15-. The number of sulfone groups is 1. The number of benzene rings is 2. The zero-order chi connectivity index (χ0) is 34.2. The molecule has 0 saturated carbocycles. The molecular weight excluding hydrogens is 638 g/mol. The van der Waals surface area contributed by atoms with Gasteiger partial charge in [-0.05, 0) is 74.5 Å². The van der Waals surface area contributed by atoms with Gasteiger partial charge in [-0.25, -0.2) is 8.42 Å². The van der Waals surface area contributed by atoms with Crippen molar-refractivity contribution in [2.45, 2.75) is 50.7 Å². The van der Waals surface area contributed by atoms with Crippen molar-refractivity contribution >= 4 is 39.0 Å². The molecule has 1 aromatic heterocycles. The number of rotatable bonds is 10. The number of carbonyl (C=O) groups excluding carboxylic acids is 2. The largest absolute Gasteiger partial charge is 0.416 e. The number of likely N-dealkylation sites (N-methyl/N-ethyl adjacent to an activating group) is 1. The van der Waals surface area contributed by atoms with Gasteiger partial charge in [-0.1, -0.05) is 19.9 Å². The lowest BCUT2D eigenvalue weighted by molar-refractivity contribution is -0.143. The third kappa shape index (κ3) is 7.30. The van der Waals surface area contributed by atoms with E-state index >= 15 is 0 Å². The molecule has 0 saturated heterocycles. The molecule has 0 aliphatic carbocycles. The van der Waals surface area contributed by atoms with Crippen molar-refractivity contribution in [1.82, 2.24) is 15.2 Å². The number of H-pyrrole nitrogens is 1. The Hall–Kier alpha value is -4.11. The predicted molar refractivity (Wildman–Crippen MR) is 161 cm³/mol. The smallest absolute Gasteiger partial charge is 0.358 e. The van der Waals surface area contributed by atoms with E-state index in [4.69, 9.17) is 0 Å². The predicted octanol–water partition coefficient (Wildman–Crippen LogP) is 6.21. The molecule has 0 atom stereocenters. The Balaban J connectivity index is 1.65. The van der Waals surface area contributed by atoms with Crippen LogP contribution in [0.5, 0.6) is 0 Å². The Labute approximate surface area is 261 Å². The highest BCUT2D eigenvalue weighted by atomic mass is 32.2. The molecular formula is C31H32F6N4O4S. The molecule has 15 heteroatoms. The summed E-state index contributed by atoms with van der Waals surface area (Å²) in [6.45, 7) is 10.2. The molecule has 2 aromatic carbocycles. The first-order valence-corrected chi connectivity index (χ1v) is 15.9. The maximum absolute atomic E-state index is 13.7. The maximum Gasteiger partial charge on any atom is 0.416 e. The molecule has 4 rings (SSSR count). The van der Waals surface area contributed by atoms with E-state index in [-0.39, 0.29) is 28.8 Å². The fourth-order valence-corrected chi connectivity index (χ4v) is 6.69. The van der Waals surface area contributed by atoms with Crippen molar-refractivity contribution in [1.29, 1.82) is 0 Å². The summed E-state index contributed by atoms with van der Waals surface area (Å²) in [5, 5.41) is 5.49. The molecule has 3 N–H and O–H groups in total. The molecule has 46 heavy (non-hydrogen) atoms. The number of hydrogen-bond acceptors (Lipinski definition) is 5. The fraction of sp³-hybridized carbons (Fsp3) is 0.355. The van der Waals surface area contributed by atoms with Gasteiger partial charge in [-0.15, -0.1) is 0 Å². The Kier molecular flexibility index (Phi) is 9.78. The van der Waals surface area contributed by atoms with Crippen LogP contribution in [0.25, 0.3) is 11.6 Å². The van der Waals surface area contributed by atoms with Gasteiger partial charge in [0, 0.05) is 35.7 Å². The van der Waals surface area contributed by atoms with Crippen LogP contribution in [0.15, 0.2) is 41.3 Å². The van der Waals surface area contributed by atoms with Gasteiger partial charge in [0.1, 0.15) is 0 Å². The fourth-order valence-electron chi connectivity index (χ4n) is 5.29. The summed E-state index contributed by atoms with van der Waals surface area (Å²) in [5.41, 5.74) is -1.82. The molecule has 1 aliphatic rings. The highest BCUT2D eigenvalue weighted by Crippen LogP contribution is 2.40. The Bertz CT molecular complexity index is 1810. The molecule has 0 spiro atoms. The van der Waals surface area contributed by atoms with Gasteiger partial charge in [0.05, 0.1) is 32.9 Å². The summed E-state index contributed by atoms with van der Waals surface area (Å²) in [7, 11) is -4.53. The van der Waals surface area contributed by atoms with Crippen LogP contribution in [-0.4, -0.2) is 56.3 Å². The monoisotopic (exact) mass is 670 g/mol. The topological polar surface area (TPSA) is 111 Å². The Morgan fingerprint density at radius 3 is 2.26 bits per heavy atom. The van der Waals surface area contributed by atoms with Crippen LogP contribution >= 0.6 is 0 Å². The number of alkyl halides is 6. The van der Waals surface area contributed by atoms with Gasteiger partial charge in [-0.3, -0.25) is 9.59 Å². The SMILES string of the molecule is CCN(CC)CCNC(=O)c1c(C)[nH]c(/C=C2\C(=O)Nc3ccc(S(=O)(=O)Cc4ccc(C(F)(F)F)cc4C(F)(F)F)cc32)c1C. The van der Waals surface area contributed by atoms with Gasteiger partial charge >= 0.3 is 12.4 Å². The van der Waals surface area contributed by atoms with Crippen LogP contribution in [0.1, 0.15) is 63.4 Å². The van der Waals surface area contributed by atoms with Crippen molar-refractivity contribution in [2.75, 3.05) is 31.5 Å². The molecule has 248 valence electrons. The van der Waals surface area contributed by atoms with Crippen molar-refractivity contribution in [3.05, 3.63) is 81.2 Å². The number of anilines is 1. The Morgan fingerprint density at radius 1 is 0.978 bits per heavy atom. The number of nitrogens with one attached hydrogen (secondary N) is 3. The summed E-state index contributed by atoms with van der Waals surface area (Å²) < 4.78 is 107. The molecule has 2 amide bonds. The van der Waals surface area contributed by atoms with Crippen molar-refractivity contribution in [3.8, 4) is 0 Å². The number of nitrogens with zero attached hydrogens (tertiary/aromatic N) is 1. The van der Waals surface area contributed by atoms with E-state index in [0.717, 1.165) is 25.2 Å². The maximum atomic E-state index is 13.7. The van der Waals surface area contributed by atoms with Crippen molar-refractivity contribution in [3.63, 3.8) is 0 Å². The van der Waals surface area contributed by atoms with Crippen LogP contribution in [-0.2, 0) is 32.7 Å². The lowest BCUT2D eigenvalue weighted by Crippen LogP contribution is -2.35.